The van der Waals surface area contributed by atoms with Gasteiger partial charge in [-0.3, -0.25) is 9.59 Å². The predicted octanol–water partition coefficient (Wildman–Crippen LogP) is 5.33. The molecular weight excluding hydrogens is 494 g/mol. The molecule has 39 heavy (non-hydrogen) atoms. The lowest BCUT2D eigenvalue weighted by molar-refractivity contribution is -0.146. The minimum absolute atomic E-state index is 0.0657. The third kappa shape index (κ3) is 10.1. The van der Waals surface area contributed by atoms with Crippen LogP contribution in [0.25, 0.3) is 0 Å². The number of carbonyl (C=O) groups excluding carboxylic acids is 3. The van der Waals surface area contributed by atoms with Crippen LogP contribution in [0.5, 0.6) is 0 Å². The molecule has 3 unspecified atom stereocenters. The van der Waals surface area contributed by atoms with E-state index >= 15 is 0 Å². The average molecular weight is 546 g/mol. The summed E-state index contributed by atoms with van der Waals surface area (Å²) in [5.74, 6) is -0.329. The Bertz CT molecular complexity index is 965. The maximum atomic E-state index is 14.2. The van der Waals surface area contributed by atoms with Crippen LogP contribution >= 0.6 is 0 Å². The zero-order chi connectivity index (χ0) is 29.3. The zero-order valence-electron chi connectivity index (χ0n) is 25.3. The number of hydrogen-bond acceptors (Lipinski definition) is 5. The number of benzene rings is 1. The van der Waals surface area contributed by atoms with Gasteiger partial charge in [0, 0.05) is 12.1 Å². The van der Waals surface area contributed by atoms with E-state index in [-0.39, 0.29) is 18.0 Å². The van der Waals surface area contributed by atoms with Gasteiger partial charge < -0.3 is 25.4 Å². The second kappa shape index (κ2) is 14.7. The Balaban J connectivity index is 2.54. The third-order valence-corrected chi connectivity index (χ3v) is 7.26. The van der Waals surface area contributed by atoms with E-state index in [9.17, 15) is 19.5 Å². The van der Waals surface area contributed by atoms with Crippen molar-refractivity contribution in [1.82, 2.24) is 15.5 Å². The number of amides is 3. The number of aryl methyl sites for hydroxylation is 2. The number of hydrogen-bond donors (Lipinski definition) is 3. The molecule has 1 saturated carbocycles. The smallest absolute Gasteiger partial charge is 0.408 e. The van der Waals surface area contributed by atoms with Gasteiger partial charge >= 0.3 is 6.09 Å². The summed E-state index contributed by atoms with van der Waals surface area (Å²) >= 11 is 0. The molecule has 0 radical (unpaired) electrons. The van der Waals surface area contributed by atoms with E-state index in [1.165, 1.54) is 0 Å². The molecule has 1 aromatic carbocycles. The first-order chi connectivity index (χ1) is 18.2. The number of nitrogens with zero attached hydrogens (tertiary/aromatic N) is 1. The SMILES string of the molecule is Cc1ccc(C(C(=O)NC2CCCCC2)N(C(=O)C(CO)NC(=O)OC(C)(C)C)C(C)CCC(C)C)c(C)c1. The summed E-state index contributed by atoms with van der Waals surface area (Å²) < 4.78 is 5.35. The van der Waals surface area contributed by atoms with Crippen LogP contribution in [0.1, 0.15) is 109 Å². The number of aliphatic hydroxyl groups excluding tert-OH is 1. The molecule has 3 atom stereocenters. The Morgan fingerprint density at radius 2 is 1.69 bits per heavy atom. The molecule has 0 aliphatic heterocycles. The van der Waals surface area contributed by atoms with Crippen LogP contribution in [0, 0.1) is 19.8 Å². The molecule has 1 aliphatic rings. The van der Waals surface area contributed by atoms with Gasteiger partial charge in [0.1, 0.15) is 17.7 Å². The monoisotopic (exact) mass is 545 g/mol. The van der Waals surface area contributed by atoms with Gasteiger partial charge in [-0.15, -0.1) is 0 Å². The van der Waals surface area contributed by atoms with Crippen LogP contribution in [-0.4, -0.2) is 58.2 Å². The summed E-state index contributed by atoms with van der Waals surface area (Å²) in [5, 5.41) is 16.0. The number of ether oxygens (including phenoxy) is 1. The van der Waals surface area contributed by atoms with Gasteiger partial charge in [-0.05, 0) is 84.3 Å². The van der Waals surface area contributed by atoms with E-state index in [0.717, 1.165) is 55.2 Å². The third-order valence-electron chi connectivity index (χ3n) is 7.26. The summed E-state index contributed by atoms with van der Waals surface area (Å²) in [6.45, 7) is 14.7. The van der Waals surface area contributed by atoms with Crippen molar-refractivity contribution in [3.05, 3.63) is 34.9 Å². The van der Waals surface area contributed by atoms with Crippen LogP contribution < -0.4 is 10.6 Å². The van der Waals surface area contributed by atoms with E-state index in [1.807, 2.05) is 39.0 Å². The molecule has 8 heteroatoms. The second-order valence-electron chi connectivity index (χ2n) is 12.6. The largest absolute Gasteiger partial charge is 0.444 e. The van der Waals surface area contributed by atoms with Crippen molar-refractivity contribution in [2.24, 2.45) is 5.92 Å². The summed E-state index contributed by atoms with van der Waals surface area (Å²) in [7, 11) is 0. The molecule has 3 amide bonds. The quantitative estimate of drug-likeness (QED) is 0.348. The minimum Gasteiger partial charge on any atom is -0.444 e. The maximum absolute atomic E-state index is 14.2. The highest BCUT2D eigenvalue weighted by molar-refractivity contribution is 5.92. The fourth-order valence-electron chi connectivity index (χ4n) is 5.20. The van der Waals surface area contributed by atoms with Crippen molar-refractivity contribution < 1.29 is 24.2 Å². The number of nitrogens with one attached hydrogen (secondary N) is 2. The Morgan fingerprint density at radius 1 is 1.05 bits per heavy atom. The van der Waals surface area contributed by atoms with Crippen molar-refractivity contribution in [2.75, 3.05) is 6.61 Å². The number of carbonyl (C=O) groups is 3. The van der Waals surface area contributed by atoms with E-state index in [4.69, 9.17) is 4.74 Å². The van der Waals surface area contributed by atoms with Crippen molar-refractivity contribution in [1.29, 1.82) is 0 Å². The van der Waals surface area contributed by atoms with E-state index < -0.39 is 36.3 Å². The van der Waals surface area contributed by atoms with Crippen LogP contribution in [0.4, 0.5) is 4.79 Å². The molecule has 220 valence electrons. The van der Waals surface area contributed by atoms with Crippen molar-refractivity contribution >= 4 is 17.9 Å². The minimum atomic E-state index is -1.25. The van der Waals surface area contributed by atoms with Crippen LogP contribution in [0.2, 0.25) is 0 Å². The van der Waals surface area contributed by atoms with Gasteiger partial charge in [0.05, 0.1) is 6.61 Å². The molecule has 0 spiro atoms. The lowest BCUT2D eigenvalue weighted by Crippen LogP contribution is -2.57. The normalized spacial score (nSPS) is 16.8. The Labute approximate surface area is 235 Å². The van der Waals surface area contributed by atoms with Gasteiger partial charge in [0.15, 0.2) is 0 Å². The molecule has 2 rings (SSSR count). The molecule has 0 bridgehead atoms. The fraction of sp³-hybridized carbons (Fsp3) is 0.710. The number of alkyl carbamates (subject to hydrolysis) is 1. The Hall–Kier alpha value is -2.61. The van der Waals surface area contributed by atoms with E-state index in [1.54, 1.807) is 25.7 Å². The summed E-state index contributed by atoms with van der Waals surface area (Å²) in [6, 6.07) is 3.47. The van der Waals surface area contributed by atoms with Crippen molar-refractivity contribution in [2.45, 2.75) is 130 Å². The first-order valence-electron chi connectivity index (χ1n) is 14.5. The Morgan fingerprint density at radius 3 is 2.23 bits per heavy atom. The number of aliphatic hydroxyl groups is 1. The van der Waals surface area contributed by atoms with Crippen LogP contribution in [-0.2, 0) is 14.3 Å². The van der Waals surface area contributed by atoms with Crippen molar-refractivity contribution in [3.63, 3.8) is 0 Å². The highest BCUT2D eigenvalue weighted by Gasteiger charge is 2.40. The first-order valence-corrected chi connectivity index (χ1v) is 14.5. The Kier molecular flexibility index (Phi) is 12.3. The zero-order valence-corrected chi connectivity index (χ0v) is 25.3. The molecule has 0 saturated heterocycles. The molecule has 1 aliphatic carbocycles. The van der Waals surface area contributed by atoms with Gasteiger partial charge in [0.25, 0.3) is 0 Å². The lowest BCUT2D eigenvalue weighted by atomic mass is 9.92. The standard InChI is InChI=1S/C31H51N3O5/c1-20(2)14-16-23(5)34(29(37)26(19-35)33-30(38)39-31(6,7)8)27(25-17-15-21(3)18-22(25)4)28(36)32-24-12-10-9-11-13-24/h15,17-18,20,23-24,26-27,35H,9-14,16,19H2,1-8H3,(H,32,36)(H,33,38). The maximum Gasteiger partial charge on any atom is 0.408 e. The average Bonchev–Trinajstić information content (AvgIpc) is 2.84. The molecule has 1 fully saturated rings. The fourth-order valence-corrected chi connectivity index (χ4v) is 5.20. The van der Waals surface area contributed by atoms with Crippen LogP contribution in [0.3, 0.4) is 0 Å². The van der Waals surface area contributed by atoms with E-state index in [0.29, 0.717) is 12.3 Å². The molecule has 0 aromatic heterocycles. The molecule has 1 aromatic rings. The molecule has 8 nitrogen and oxygen atoms in total. The molecule has 3 N–H and O–H groups in total. The first kappa shape index (κ1) is 32.6. The highest BCUT2D eigenvalue weighted by atomic mass is 16.6. The second-order valence-corrected chi connectivity index (χ2v) is 12.6. The summed E-state index contributed by atoms with van der Waals surface area (Å²) in [6.07, 6.45) is 5.88. The summed E-state index contributed by atoms with van der Waals surface area (Å²) in [4.78, 5) is 42.4. The van der Waals surface area contributed by atoms with E-state index in [2.05, 4.69) is 24.5 Å². The van der Waals surface area contributed by atoms with Gasteiger partial charge in [-0.1, -0.05) is 56.9 Å². The van der Waals surface area contributed by atoms with Gasteiger partial charge in [-0.25, -0.2) is 4.79 Å². The predicted molar refractivity (Wildman–Crippen MR) is 154 cm³/mol. The van der Waals surface area contributed by atoms with Crippen LogP contribution in [0.15, 0.2) is 18.2 Å². The van der Waals surface area contributed by atoms with Crippen molar-refractivity contribution in [3.8, 4) is 0 Å². The highest BCUT2D eigenvalue weighted by Crippen LogP contribution is 2.31. The van der Waals surface area contributed by atoms with Gasteiger partial charge in [0.2, 0.25) is 11.8 Å². The molecular formula is C31H51N3O5. The lowest BCUT2D eigenvalue weighted by Gasteiger charge is -2.39. The van der Waals surface area contributed by atoms with Gasteiger partial charge in [-0.2, -0.15) is 0 Å². The number of rotatable bonds is 11. The summed E-state index contributed by atoms with van der Waals surface area (Å²) in [5.41, 5.74) is 1.95. The topological polar surface area (TPSA) is 108 Å². The molecule has 0 heterocycles.